The molecule has 146 valence electrons. The quantitative estimate of drug-likeness (QED) is 0.778. The molecule has 1 amide bonds. The summed E-state index contributed by atoms with van der Waals surface area (Å²) in [6.45, 7) is 5.08. The Labute approximate surface area is 160 Å². The highest BCUT2D eigenvalue weighted by Crippen LogP contribution is 2.23. The number of amides is 1. The van der Waals surface area contributed by atoms with Gasteiger partial charge in [0.05, 0.1) is 5.25 Å². The lowest BCUT2D eigenvalue weighted by atomic mass is 10.0. The van der Waals surface area contributed by atoms with Crippen LogP contribution in [0.3, 0.4) is 0 Å². The summed E-state index contributed by atoms with van der Waals surface area (Å²) in [4.78, 5) is 14.3. The van der Waals surface area contributed by atoms with Crippen LogP contribution in [0.2, 0.25) is 0 Å². The number of hydrogen-bond acceptors (Lipinski definition) is 5. The number of hydrogen-bond donors (Lipinski definition) is 0. The Morgan fingerprint density at radius 2 is 1.89 bits per heavy atom. The molecule has 0 radical (unpaired) electrons. The first-order valence-corrected chi connectivity index (χ1v) is 10.8. The number of sulfone groups is 1. The van der Waals surface area contributed by atoms with Crippen molar-refractivity contribution in [1.29, 1.82) is 0 Å². The van der Waals surface area contributed by atoms with Crippen LogP contribution in [0.15, 0.2) is 29.7 Å². The maximum atomic E-state index is 12.7. The zero-order chi connectivity index (χ0) is 19.6. The summed E-state index contributed by atoms with van der Waals surface area (Å²) in [7, 11) is -1.89. The normalized spacial score (nSPS) is 15.9. The molecule has 0 saturated carbocycles. The second-order valence-electron chi connectivity index (χ2n) is 7.27. The Balaban J connectivity index is 1.55. The molecule has 2 aromatic rings. The maximum absolute atomic E-state index is 12.7. The van der Waals surface area contributed by atoms with Crippen LogP contribution in [-0.2, 0) is 28.1 Å². The topological polar surface area (TPSA) is 85.2 Å². The zero-order valence-electron chi connectivity index (χ0n) is 16.1. The predicted octanol–water partition coefficient (Wildman–Crippen LogP) is 1.83. The number of rotatable bonds is 5. The van der Waals surface area contributed by atoms with Crippen LogP contribution < -0.4 is 0 Å². The molecule has 2 heterocycles. The van der Waals surface area contributed by atoms with Gasteiger partial charge < -0.3 is 9.47 Å². The summed E-state index contributed by atoms with van der Waals surface area (Å²) in [5.41, 5.74) is 3.64. The highest BCUT2D eigenvalue weighted by Gasteiger charge is 2.35. The van der Waals surface area contributed by atoms with Gasteiger partial charge in [0.1, 0.15) is 6.33 Å². The van der Waals surface area contributed by atoms with Crippen LogP contribution in [0.1, 0.15) is 36.0 Å². The fourth-order valence-electron chi connectivity index (χ4n) is 3.46. The Hall–Kier alpha value is -2.22. The smallest absolute Gasteiger partial charge is 0.249 e. The van der Waals surface area contributed by atoms with Crippen molar-refractivity contribution < 1.29 is 13.2 Å². The molecule has 0 unspecified atom stereocenters. The summed E-state index contributed by atoms with van der Waals surface area (Å²) >= 11 is 0. The second-order valence-corrected chi connectivity index (χ2v) is 9.39. The first-order chi connectivity index (χ1) is 12.8. The largest absolute Gasteiger partial charge is 0.343 e. The summed E-state index contributed by atoms with van der Waals surface area (Å²) in [6.07, 6.45) is 3.41. The van der Waals surface area contributed by atoms with Gasteiger partial charge >= 0.3 is 0 Å². The fraction of sp³-hybridized carbons (Fsp3) is 0.526. The van der Waals surface area contributed by atoms with E-state index in [4.69, 9.17) is 0 Å². The van der Waals surface area contributed by atoms with E-state index >= 15 is 0 Å². The summed E-state index contributed by atoms with van der Waals surface area (Å²) in [5.74, 6) is 0.0859. The molecular formula is C19H26N4O3S. The van der Waals surface area contributed by atoms with E-state index < -0.39 is 15.1 Å². The van der Waals surface area contributed by atoms with E-state index in [0.717, 1.165) is 5.56 Å². The summed E-state index contributed by atoms with van der Waals surface area (Å²) in [6, 6.07) is 6.27. The van der Waals surface area contributed by atoms with Crippen LogP contribution >= 0.6 is 0 Å². The molecule has 1 aliphatic rings. The van der Waals surface area contributed by atoms with Gasteiger partial charge in [-0.3, -0.25) is 4.79 Å². The molecule has 1 aromatic carbocycles. The van der Waals surface area contributed by atoms with Gasteiger partial charge in [-0.2, -0.15) is 0 Å². The van der Waals surface area contributed by atoms with Crippen molar-refractivity contribution in [1.82, 2.24) is 19.7 Å². The van der Waals surface area contributed by atoms with Gasteiger partial charge in [0.25, 0.3) is 0 Å². The van der Waals surface area contributed by atoms with Crippen LogP contribution in [0, 0.1) is 13.8 Å². The van der Waals surface area contributed by atoms with Gasteiger partial charge in [-0.25, -0.2) is 8.42 Å². The number of benzene rings is 1. The SMILES string of the molecule is Cc1ccc(CCC(=O)N2CCC(S(=O)(=O)c3nncn3C)CC2)cc1C. The van der Waals surface area contributed by atoms with Crippen molar-refractivity contribution in [2.24, 2.45) is 7.05 Å². The van der Waals surface area contributed by atoms with Crippen LogP contribution in [0.4, 0.5) is 0 Å². The number of nitrogens with zero attached hydrogens (tertiary/aromatic N) is 4. The third-order valence-corrected chi connectivity index (χ3v) is 7.58. The molecule has 1 saturated heterocycles. The van der Waals surface area contributed by atoms with Gasteiger partial charge in [-0.1, -0.05) is 18.2 Å². The molecular weight excluding hydrogens is 364 g/mol. The van der Waals surface area contributed by atoms with Crippen molar-refractivity contribution in [3.05, 3.63) is 41.2 Å². The number of carbonyl (C=O) groups is 1. The molecule has 0 spiro atoms. The lowest BCUT2D eigenvalue weighted by Crippen LogP contribution is -2.43. The number of piperidine rings is 1. The molecule has 3 rings (SSSR count). The number of likely N-dealkylation sites (tertiary alicyclic amines) is 1. The van der Waals surface area contributed by atoms with Crippen LogP contribution in [0.5, 0.6) is 0 Å². The van der Waals surface area contributed by atoms with Crippen LogP contribution in [-0.4, -0.2) is 52.3 Å². The van der Waals surface area contributed by atoms with Gasteiger partial charge in [-0.15, -0.1) is 10.2 Å². The van der Waals surface area contributed by atoms with Crippen molar-refractivity contribution in [2.75, 3.05) is 13.1 Å². The average molecular weight is 391 g/mol. The minimum absolute atomic E-state index is 0.00187. The monoisotopic (exact) mass is 390 g/mol. The third kappa shape index (κ3) is 4.21. The van der Waals surface area contributed by atoms with Crippen molar-refractivity contribution in [3.63, 3.8) is 0 Å². The van der Waals surface area contributed by atoms with Gasteiger partial charge in [0.15, 0.2) is 0 Å². The summed E-state index contributed by atoms with van der Waals surface area (Å²) < 4.78 is 26.8. The molecule has 8 heteroatoms. The van der Waals surface area contributed by atoms with E-state index in [-0.39, 0.29) is 11.1 Å². The lowest BCUT2D eigenvalue weighted by Gasteiger charge is -2.31. The van der Waals surface area contributed by atoms with Gasteiger partial charge in [-0.05, 0) is 49.8 Å². The number of aryl methyl sites for hydroxylation is 4. The molecule has 0 aliphatic carbocycles. The third-order valence-electron chi connectivity index (χ3n) is 5.36. The van der Waals surface area contributed by atoms with Crippen molar-refractivity contribution in [2.45, 2.75) is 49.9 Å². The Morgan fingerprint density at radius 1 is 1.19 bits per heavy atom. The minimum Gasteiger partial charge on any atom is -0.343 e. The molecule has 1 fully saturated rings. The second kappa shape index (κ2) is 7.80. The Kier molecular flexibility index (Phi) is 5.64. The first-order valence-electron chi connectivity index (χ1n) is 9.21. The Morgan fingerprint density at radius 3 is 2.48 bits per heavy atom. The Bertz CT molecular complexity index is 928. The lowest BCUT2D eigenvalue weighted by molar-refractivity contribution is -0.132. The number of aromatic nitrogens is 3. The van der Waals surface area contributed by atoms with Crippen molar-refractivity contribution in [3.8, 4) is 0 Å². The minimum atomic E-state index is -3.51. The highest BCUT2D eigenvalue weighted by molar-refractivity contribution is 7.91. The molecule has 0 bridgehead atoms. The molecule has 1 aromatic heterocycles. The van der Waals surface area contributed by atoms with E-state index in [1.807, 2.05) is 0 Å². The van der Waals surface area contributed by atoms with E-state index in [1.54, 1.807) is 11.9 Å². The van der Waals surface area contributed by atoms with E-state index in [1.165, 1.54) is 22.0 Å². The molecule has 27 heavy (non-hydrogen) atoms. The van der Waals surface area contributed by atoms with Gasteiger partial charge in [0.2, 0.25) is 20.9 Å². The summed E-state index contributed by atoms with van der Waals surface area (Å²) in [5, 5.41) is 6.89. The molecule has 0 atom stereocenters. The number of carbonyl (C=O) groups excluding carboxylic acids is 1. The fourth-order valence-corrected chi connectivity index (χ4v) is 5.20. The average Bonchev–Trinajstić information content (AvgIpc) is 3.09. The molecule has 0 N–H and O–H groups in total. The van der Waals surface area contributed by atoms with Gasteiger partial charge in [0, 0.05) is 26.6 Å². The van der Waals surface area contributed by atoms with E-state index in [0.29, 0.717) is 38.8 Å². The van der Waals surface area contributed by atoms with E-state index in [9.17, 15) is 13.2 Å². The molecule has 7 nitrogen and oxygen atoms in total. The predicted molar refractivity (Wildman–Crippen MR) is 102 cm³/mol. The standard InChI is InChI=1S/C19H26N4O3S/c1-14-4-5-16(12-15(14)2)6-7-18(24)23-10-8-17(9-11-23)27(25,26)19-21-20-13-22(19)3/h4-5,12-13,17H,6-11H2,1-3H3. The van der Waals surface area contributed by atoms with E-state index in [2.05, 4.69) is 42.2 Å². The maximum Gasteiger partial charge on any atom is 0.249 e. The zero-order valence-corrected chi connectivity index (χ0v) is 16.9. The van der Waals surface area contributed by atoms with Crippen molar-refractivity contribution >= 4 is 15.7 Å². The highest BCUT2D eigenvalue weighted by atomic mass is 32.2. The molecule has 1 aliphatic heterocycles. The van der Waals surface area contributed by atoms with Crippen LogP contribution in [0.25, 0.3) is 0 Å². The first kappa shape index (κ1) is 19.5.